The van der Waals surface area contributed by atoms with Gasteiger partial charge >= 0.3 is 0 Å². The second-order valence-corrected chi connectivity index (χ2v) is 6.77. The first-order valence-corrected chi connectivity index (χ1v) is 9.05. The molecule has 27 heavy (non-hydrogen) atoms. The molecule has 0 aliphatic rings. The molecule has 1 aromatic carbocycles. The highest BCUT2D eigenvalue weighted by Crippen LogP contribution is 2.27. The first kappa shape index (κ1) is 17.6. The lowest BCUT2D eigenvalue weighted by molar-refractivity contribution is 0.422. The zero-order valence-corrected chi connectivity index (χ0v) is 15.4. The molecule has 0 spiro atoms. The van der Waals surface area contributed by atoms with Gasteiger partial charge in [0.1, 0.15) is 17.8 Å². The molecule has 0 aliphatic heterocycles. The third-order valence-corrected chi connectivity index (χ3v) is 4.85. The molecule has 0 N–H and O–H groups in total. The van der Waals surface area contributed by atoms with Gasteiger partial charge in [-0.25, -0.2) is 14.4 Å². The minimum absolute atomic E-state index is 0.0743. The van der Waals surface area contributed by atoms with Crippen molar-refractivity contribution >= 4 is 23.4 Å². The molecule has 3 heterocycles. The van der Waals surface area contributed by atoms with E-state index < -0.39 is 5.82 Å². The molecule has 0 amide bonds. The van der Waals surface area contributed by atoms with Crippen LogP contribution in [0, 0.1) is 5.82 Å². The maximum absolute atomic E-state index is 13.9. The quantitative estimate of drug-likeness (QED) is 0.468. The maximum Gasteiger partial charge on any atom is 0.260 e. The number of aromatic nitrogens is 7. The van der Waals surface area contributed by atoms with E-state index in [9.17, 15) is 4.39 Å². The van der Waals surface area contributed by atoms with Crippen molar-refractivity contribution in [2.75, 3.05) is 0 Å². The monoisotopic (exact) mass is 403 g/mol. The average Bonchev–Trinajstić information content (AvgIpc) is 3.29. The first-order valence-electron chi connectivity index (χ1n) is 7.68. The molecule has 0 radical (unpaired) electrons. The summed E-state index contributed by atoms with van der Waals surface area (Å²) in [6.45, 7) is 0. The Labute approximate surface area is 161 Å². The zero-order valence-electron chi connectivity index (χ0n) is 13.9. The summed E-state index contributed by atoms with van der Waals surface area (Å²) in [4.78, 5) is 12.3. The number of hydrogen-bond acceptors (Lipinski definition) is 8. The van der Waals surface area contributed by atoms with E-state index in [2.05, 4.69) is 30.3 Å². The number of benzene rings is 1. The number of nitrogens with zero attached hydrogens (tertiary/aromatic N) is 7. The van der Waals surface area contributed by atoms with Gasteiger partial charge in [0.2, 0.25) is 0 Å². The molecule has 0 bridgehead atoms. The van der Waals surface area contributed by atoms with E-state index in [4.69, 9.17) is 16.1 Å². The molecule has 0 atom stereocenters. The van der Waals surface area contributed by atoms with Crippen molar-refractivity contribution < 1.29 is 8.91 Å². The Bertz CT molecular complexity index is 1090. The fraction of sp³-hybridized carbons (Fsp3) is 0.125. The maximum atomic E-state index is 13.9. The highest BCUT2D eigenvalue weighted by Gasteiger charge is 2.16. The van der Waals surface area contributed by atoms with Crippen molar-refractivity contribution in [2.45, 2.75) is 10.9 Å². The molecule has 8 nitrogen and oxygen atoms in total. The number of hydrogen-bond donors (Lipinski definition) is 0. The van der Waals surface area contributed by atoms with E-state index in [0.717, 1.165) is 0 Å². The van der Waals surface area contributed by atoms with E-state index in [1.165, 1.54) is 36.3 Å². The summed E-state index contributed by atoms with van der Waals surface area (Å²) >= 11 is 7.27. The highest BCUT2D eigenvalue weighted by atomic mass is 35.5. The number of rotatable bonds is 5. The molecule has 0 aliphatic carbocycles. The van der Waals surface area contributed by atoms with Crippen LogP contribution in [0.15, 0.2) is 46.5 Å². The van der Waals surface area contributed by atoms with E-state index in [1.54, 1.807) is 12.3 Å². The Morgan fingerprint density at radius 3 is 2.96 bits per heavy atom. The van der Waals surface area contributed by atoms with Crippen LogP contribution in [-0.2, 0) is 12.8 Å². The van der Waals surface area contributed by atoms with Crippen LogP contribution < -0.4 is 0 Å². The molecule has 4 rings (SSSR count). The summed E-state index contributed by atoms with van der Waals surface area (Å²) in [7, 11) is 1.84. The van der Waals surface area contributed by atoms with Crippen molar-refractivity contribution in [2.24, 2.45) is 7.05 Å². The van der Waals surface area contributed by atoms with Gasteiger partial charge in [0.25, 0.3) is 5.89 Å². The van der Waals surface area contributed by atoms with Crippen molar-refractivity contribution in [1.82, 2.24) is 34.9 Å². The summed E-state index contributed by atoms with van der Waals surface area (Å²) in [6.07, 6.45) is 3.09. The molecule has 3 aromatic heterocycles. The average molecular weight is 404 g/mol. The Morgan fingerprint density at radius 2 is 2.15 bits per heavy atom. The lowest BCUT2D eigenvalue weighted by atomic mass is 10.2. The van der Waals surface area contributed by atoms with E-state index in [1.807, 2.05) is 11.6 Å². The van der Waals surface area contributed by atoms with Gasteiger partial charge in [-0.3, -0.25) is 0 Å². The lowest BCUT2D eigenvalue weighted by Crippen LogP contribution is -1.97. The fourth-order valence-electron chi connectivity index (χ4n) is 2.30. The van der Waals surface area contributed by atoms with E-state index in [0.29, 0.717) is 33.3 Å². The summed E-state index contributed by atoms with van der Waals surface area (Å²) < 4.78 is 20.9. The molecular formula is C16H11ClFN7OS. The van der Waals surface area contributed by atoms with Crippen LogP contribution in [0.4, 0.5) is 4.39 Å². The van der Waals surface area contributed by atoms with Crippen LogP contribution in [0.2, 0.25) is 5.02 Å². The Balaban J connectivity index is 1.50. The Morgan fingerprint density at radius 1 is 1.26 bits per heavy atom. The summed E-state index contributed by atoms with van der Waals surface area (Å²) in [6, 6.07) is 5.91. The van der Waals surface area contributed by atoms with Crippen LogP contribution >= 0.6 is 23.4 Å². The SMILES string of the molecule is Cn1c(SCc2noc(-c3cc(Cl)ccc3F)n2)nnc1-c1ccncn1. The molecule has 136 valence electrons. The third-order valence-electron chi connectivity index (χ3n) is 3.60. The van der Waals surface area contributed by atoms with E-state index in [-0.39, 0.29) is 11.5 Å². The smallest absolute Gasteiger partial charge is 0.260 e. The molecule has 0 saturated carbocycles. The molecule has 0 fully saturated rings. The van der Waals surface area contributed by atoms with Gasteiger partial charge in [-0.2, -0.15) is 4.98 Å². The van der Waals surface area contributed by atoms with Gasteiger partial charge in [0.05, 0.1) is 11.3 Å². The Kier molecular flexibility index (Phi) is 4.82. The molecular weight excluding hydrogens is 393 g/mol. The summed E-state index contributed by atoms with van der Waals surface area (Å²) in [5.74, 6) is 0.993. The van der Waals surface area contributed by atoms with Crippen molar-refractivity contribution in [3.8, 4) is 23.0 Å². The summed E-state index contributed by atoms with van der Waals surface area (Å²) in [5.41, 5.74) is 0.834. The largest absolute Gasteiger partial charge is 0.334 e. The second-order valence-electron chi connectivity index (χ2n) is 5.39. The second kappa shape index (κ2) is 7.41. The van der Waals surface area contributed by atoms with Gasteiger partial charge in [0, 0.05) is 18.3 Å². The molecule has 11 heteroatoms. The Hall–Kier alpha value is -2.85. The van der Waals surface area contributed by atoms with Crippen LogP contribution in [-0.4, -0.2) is 34.9 Å². The van der Waals surface area contributed by atoms with Gasteiger partial charge in [0.15, 0.2) is 16.8 Å². The fourth-order valence-corrected chi connectivity index (χ4v) is 3.23. The standard InChI is InChI=1S/C16H11ClFN7OS/c1-25-14(12-4-5-19-8-20-12)22-23-16(25)27-7-13-21-15(26-24-13)10-6-9(17)2-3-11(10)18/h2-6,8H,7H2,1H3. The normalized spacial score (nSPS) is 11.1. The van der Waals surface area contributed by atoms with Gasteiger partial charge in [-0.15, -0.1) is 10.2 Å². The highest BCUT2D eigenvalue weighted by molar-refractivity contribution is 7.98. The number of halogens is 2. The molecule has 0 unspecified atom stereocenters. The molecule has 0 saturated heterocycles. The minimum atomic E-state index is -0.481. The molecule has 4 aromatic rings. The van der Waals surface area contributed by atoms with Crippen molar-refractivity contribution in [1.29, 1.82) is 0 Å². The third kappa shape index (κ3) is 3.67. The van der Waals surface area contributed by atoms with Crippen molar-refractivity contribution in [3.63, 3.8) is 0 Å². The zero-order chi connectivity index (χ0) is 18.8. The van der Waals surface area contributed by atoms with Crippen molar-refractivity contribution in [3.05, 3.63) is 53.5 Å². The predicted octanol–water partition coefficient (Wildman–Crippen LogP) is 3.41. The summed E-state index contributed by atoms with van der Waals surface area (Å²) in [5, 5.41) is 13.2. The van der Waals surface area contributed by atoms with E-state index >= 15 is 0 Å². The lowest BCUT2D eigenvalue weighted by Gasteiger charge is -2.01. The van der Waals surface area contributed by atoms with Crippen LogP contribution in [0.25, 0.3) is 23.0 Å². The van der Waals surface area contributed by atoms with Gasteiger partial charge < -0.3 is 9.09 Å². The van der Waals surface area contributed by atoms with Crippen LogP contribution in [0.3, 0.4) is 0 Å². The topological polar surface area (TPSA) is 95.4 Å². The van der Waals surface area contributed by atoms with Crippen LogP contribution in [0.1, 0.15) is 5.82 Å². The number of thioether (sulfide) groups is 1. The van der Waals surface area contributed by atoms with Gasteiger partial charge in [-0.05, 0) is 24.3 Å². The van der Waals surface area contributed by atoms with Gasteiger partial charge in [-0.1, -0.05) is 28.5 Å². The van der Waals surface area contributed by atoms with Crippen LogP contribution in [0.5, 0.6) is 0 Å². The predicted molar refractivity (Wildman–Crippen MR) is 96.3 cm³/mol. The minimum Gasteiger partial charge on any atom is -0.334 e. The first-order chi connectivity index (χ1) is 13.1.